The second-order valence-corrected chi connectivity index (χ2v) is 25.3. The van der Waals surface area contributed by atoms with E-state index in [1.807, 2.05) is 6.08 Å². The summed E-state index contributed by atoms with van der Waals surface area (Å²) in [6, 6.07) is -1.03. The van der Waals surface area contributed by atoms with Gasteiger partial charge in [0, 0.05) is 6.42 Å². The molecule has 8 atom stereocenters. The van der Waals surface area contributed by atoms with Crippen molar-refractivity contribution >= 4 is 11.9 Å². The van der Waals surface area contributed by atoms with Crippen LogP contribution in [0.2, 0.25) is 0 Å². The summed E-state index contributed by atoms with van der Waals surface area (Å²) in [5, 5.41) is 57.3. The molecule has 1 heterocycles. The van der Waals surface area contributed by atoms with Crippen LogP contribution in [0, 0.1) is 0 Å². The van der Waals surface area contributed by atoms with Crippen LogP contribution in [0.5, 0.6) is 0 Å². The quantitative estimate of drug-likeness (QED) is 0.0195. The molecule has 11 heteroatoms. The molecule has 0 aliphatic carbocycles. The molecule has 0 saturated carbocycles. The molecule has 0 bridgehead atoms. The maximum absolute atomic E-state index is 13.5. The van der Waals surface area contributed by atoms with Gasteiger partial charge in [0.25, 0.3) is 0 Å². The highest BCUT2D eigenvalue weighted by atomic mass is 16.7. The first-order chi connectivity index (χ1) is 42.7. The summed E-state index contributed by atoms with van der Waals surface area (Å²) in [6.45, 7) is 5.79. The van der Waals surface area contributed by atoms with Crippen LogP contribution >= 0.6 is 0 Å². The Bertz CT molecular complexity index is 1690. The summed E-state index contributed by atoms with van der Waals surface area (Å²) in [5.74, 6) is -1.19. The number of allylic oxidation sites excluding steroid dienone is 11. The van der Waals surface area contributed by atoms with Gasteiger partial charge in [0.15, 0.2) is 12.4 Å². The van der Waals surface area contributed by atoms with Gasteiger partial charge in [0.05, 0.1) is 25.4 Å². The van der Waals surface area contributed by atoms with E-state index in [1.165, 1.54) is 205 Å². The maximum Gasteiger partial charge on any atom is 0.306 e. The summed E-state index contributed by atoms with van der Waals surface area (Å²) in [5.41, 5.74) is 0. The summed E-state index contributed by atoms with van der Waals surface area (Å²) in [7, 11) is 0. The normalized spacial score (nSPS) is 18.6. The summed E-state index contributed by atoms with van der Waals surface area (Å²) in [6.07, 6.45) is 72.3. The first-order valence-electron chi connectivity index (χ1n) is 36.7. The predicted molar refractivity (Wildman–Crippen MR) is 366 cm³/mol. The number of rotatable bonds is 63. The third-order valence-electron chi connectivity index (χ3n) is 17.1. The average Bonchev–Trinajstić information content (AvgIpc) is 1.30. The lowest BCUT2D eigenvalue weighted by Crippen LogP contribution is -2.61. The van der Waals surface area contributed by atoms with Crippen molar-refractivity contribution in [3.63, 3.8) is 0 Å². The first-order valence-corrected chi connectivity index (χ1v) is 36.7. The number of hydrogen-bond donors (Lipinski definition) is 6. The van der Waals surface area contributed by atoms with Gasteiger partial charge >= 0.3 is 5.97 Å². The van der Waals surface area contributed by atoms with Crippen molar-refractivity contribution in [1.29, 1.82) is 0 Å². The van der Waals surface area contributed by atoms with E-state index >= 15 is 0 Å². The molecule has 0 aromatic carbocycles. The molecule has 6 N–H and O–H groups in total. The number of hydrogen-bond acceptors (Lipinski definition) is 10. The third kappa shape index (κ3) is 50.4. The Balaban J connectivity index is 2.54. The molecule has 1 saturated heterocycles. The van der Waals surface area contributed by atoms with Crippen molar-refractivity contribution in [1.82, 2.24) is 5.32 Å². The van der Waals surface area contributed by atoms with Crippen LogP contribution in [-0.4, -0.2) is 99.6 Å². The third-order valence-corrected chi connectivity index (χ3v) is 17.1. The fraction of sp³-hybridized carbons (Fsp3) is 0.816. The minimum Gasteiger partial charge on any atom is -0.454 e. The zero-order chi connectivity index (χ0) is 63.1. The van der Waals surface area contributed by atoms with Gasteiger partial charge in [0.2, 0.25) is 5.91 Å². The van der Waals surface area contributed by atoms with Crippen LogP contribution in [0.1, 0.15) is 335 Å². The van der Waals surface area contributed by atoms with Crippen LogP contribution in [0.15, 0.2) is 72.9 Å². The average molecular weight is 1220 g/mol. The van der Waals surface area contributed by atoms with Crippen molar-refractivity contribution < 1.29 is 49.3 Å². The van der Waals surface area contributed by atoms with Gasteiger partial charge in [-0.15, -0.1) is 0 Å². The van der Waals surface area contributed by atoms with Crippen molar-refractivity contribution in [2.24, 2.45) is 0 Å². The zero-order valence-corrected chi connectivity index (χ0v) is 56.4. The molecular weight excluding hydrogens is 1090 g/mol. The number of aliphatic hydroxyl groups excluding tert-OH is 5. The summed E-state index contributed by atoms with van der Waals surface area (Å²) >= 11 is 0. The fourth-order valence-corrected chi connectivity index (χ4v) is 11.3. The van der Waals surface area contributed by atoms with Crippen LogP contribution in [-0.2, 0) is 23.8 Å². The van der Waals surface area contributed by atoms with Crippen molar-refractivity contribution in [3.8, 4) is 0 Å². The topological polar surface area (TPSA) is 175 Å². The van der Waals surface area contributed by atoms with Crippen molar-refractivity contribution in [3.05, 3.63) is 72.9 Å². The minimum absolute atomic E-state index is 0.123. The number of aliphatic hydroxyl groups is 5. The molecule has 0 radical (unpaired) electrons. The van der Waals surface area contributed by atoms with E-state index in [4.69, 9.17) is 14.2 Å². The highest BCUT2D eigenvalue weighted by molar-refractivity contribution is 5.80. The standard InChI is InChI=1S/C76H137NO10/c1-4-7-10-13-16-19-22-24-26-28-30-32-34-36-37-39-41-43-45-48-51-54-57-60-63-69(80)75(84)77-67(68(79)62-59-56-53-50-47-21-18-15-12-9-6-3)66-85-76-74(73(83)72(82)70(65-78)86-76)87-71(81)64-61-58-55-52-49-46-44-42-40-38-35-33-31-29-27-25-23-20-17-14-11-8-5-2/h16,19,24-27,30,32,36-37,59,62,67-70,72-74,76,78-80,82-83H,4-15,17-18,20-23,28-29,31,33-35,38-58,60-61,63-66H2,1-3H3,(H,77,84)/b19-16-,26-24-,27-25+,32-30-,37-36-,62-59+. The molecule has 1 aliphatic heterocycles. The van der Waals surface area contributed by atoms with Gasteiger partial charge in [0.1, 0.15) is 24.4 Å². The Morgan fingerprint density at radius 2 is 0.793 bits per heavy atom. The van der Waals surface area contributed by atoms with Gasteiger partial charge < -0.3 is 45.1 Å². The highest BCUT2D eigenvalue weighted by Gasteiger charge is 2.47. The molecule has 1 aliphatic rings. The van der Waals surface area contributed by atoms with Crippen LogP contribution in [0.4, 0.5) is 0 Å². The molecule has 8 unspecified atom stereocenters. The first kappa shape index (κ1) is 82.1. The molecule has 0 spiro atoms. The van der Waals surface area contributed by atoms with Gasteiger partial charge in [-0.25, -0.2) is 0 Å². The Labute approximate surface area is 534 Å². The minimum atomic E-state index is -1.62. The molecule has 0 aromatic heterocycles. The van der Waals surface area contributed by atoms with E-state index in [2.05, 4.69) is 86.8 Å². The van der Waals surface area contributed by atoms with E-state index in [-0.39, 0.29) is 19.4 Å². The van der Waals surface area contributed by atoms with E-state index in [0.717, 1.165) is 83.5 Å². The lowest BCUT2D eigenvalue weighted by molar-refractivity contribution is -0.305. The molecule has 87 heavy (non-hydrogen) atoms. The second-order valence-electron chi connectivity index (χ2n) is 25.3. The number of unbranched alkanes of at least 4 members (excludes halogenated alkanes) is 39. The smallest absolute Gasteiger partial charge is 0.306 e. The Morgan fingerprint density at radius 1 is 0.448 bits per heavy atom. The van der Waals surface area contributed by atoms with Gasteiger partial charge in [-0.1, -0.05) is 306 Å². The Kier molecular flexibility index (Phi) is 59.7. The monoisotopic (exact) mass is 1220 g/mol. The van der Waals surface area contributed by atoms with Crippen LogP contribution in [0.3, 0.4) is 0 Å². The summed E-state index contributed by atoms with van der Waals surface area (Å²) in [4.78, 5) is 26.7. The van der Waals surface area contributed by atoms with E-state index in [9.17, 15) is 35.1 Å². The van der Waals surface area contributed by atoms with Gasteiger partial charge in [-0.2, -0.15) is 0 Å². The second kappa shape index (κ2) is 63.3. The SMILES string of the molecule is CCCCC/C=C\C/C=C\C/C=C\C/C=C\CCCCCCCCCCC(O)C(=O)NC(COC1OC(CO)C(O)C(O)C1OC(=O)CCCCCCCCCCCCCCC/C=C/CCCCCCCC)C(O)/C=C/CCCCCCCCCCC. The zero-order valence-electron chi connectivity index (χ0n) is 56.4. The fourth-order valence-electron chi connectivity index (χ4n) is 11.3. The molecule has 1 rings (SSSR count). The molecule has 506 valence electrons. The molecule has 11 nitrogen and oxygen atoms in total. The lowest BCUT2D eigenvalue weighted by atomic mass is 9.99. The van der Waals surface area contributed by atoms with Gasteiger partial charge in [-0.05, 0) is 96.3 Å². The Hall–Kier alpha value is -2.90. The maximum atomic E-state index is 13.5. The molecule has 1 fully saturated rings. The van der Waals surface area contributed by atoms with Crippen LogP contribution < -0.4 is 5.32 Å². The van der Waals surface area contributed by atoms with E-state index < -0.39 is 67.4 Å². The van der Waals surface area contributed by atoms with E-state index in [1.54, 1.807) is 6.08 Å². The highest BCUT2D eigenvalue weighted by Crippen LogP contribution is 2.26. The number of carbonyl (C=O) groups is 2. The number of nitrogens with one attached hydrogen (secondary N) is 1. The lowest BCUT2D eigenvalue weighted by Gasteiger charge is -2.41. The largest absolute Gasteiger partial charge is 0.454 e. The molecular formula is C76H137NO10. The summed E-state index contributed by atoms with van der Waals surface area (Å²) < 4.78 is 17.7. The predicted octanol–water partition coefficient (Wildman–Crippen LogP) is 19.1. The van der Waals surface area contributed by atoms with Crippen molar-refractivity contribution in [2.75, 3.05) is 13.2 Å². The number of amides is 1. The molecule has 1 amide bonds. The molecule has 0 aromatic rings. The number of carbonyl (C=O) groups excluding carboxylic acids is 2. The number of ether oxygens (including phenoxy) is 3. The van der Waals surface area contributed by atoms with Gasteiger partial charge in [-0.3, -0.25) is 9.59 Å². The van der Waals surface area contributed by atoms with Crippen molar-refractivity contribution in [2.45, 2.75) is 384 Å². The van der Waals surface area contributed by atoms with Crippen LogP contribution in [0.25, 0.3) is 0 Å². The van der Waals surface area contributed by atoms with E-state index in [0.29, 0.717) is 12.8 Å². The number of esters is 1. The Morgan fingerprint density at radius 3 is 1.22 bits per heavy atom.